The van der Waals surface area contributed by atoms with Gasteiger partial charge in [0.05, 0.1) is 11.6 Å². The number of pyridine rings is 1. The fraction of sp³-hybridized carbons (Fsp3) is 0.440. The molecule has 3 heterocycles. The second-order valence-electron chi connectivity index (χ2n) is 9.23. The Labute approximate surface area is 207 Å². The normalized spacial score (nSPS) is 16.4. The van der Waals surface area contributed by atoms with Gasteiger partial charge < -0.3 is 25.3 Å². The molecule has 0 aliphatic carbocycles. The molecule has 0 radical (unpaired) electrons. The minimum atomic E-state index is 0.266. The fourth-order valence-electron chi connectivity index (χ4n) is 4.24. The summed E-state index contributed by atoms with van der Waals surface area (Å²) in [5.41, 5.74) is 1.95. The molecule has 1 aliphatic rings. The molecule has 8 nitrogen and oxygen atoms in total. The van der Waals surface area contributed by atoms with Crippen LogP contribution in [0, 0.1) is 5.92 Å². The molecule has 1 saturated heterocycles. The van der Waals surface area contributed by atoms with Crippen molar-refractivity contribution in [2.45, 2.75) is 19.9 Å². The van der Waals surface area contributed by atoms with E-state index in [2.05, 4.69) is 75.4 Å². The molecule has 3 aromatic rings. The summed E-state index contributed by atoms with van der Waals surface area (Å²) in [6.45, 7) is 8.76. The first-order valence-electron chi connectivity index (χ1n) is 11.8. The molecule has 0 amide bonds. The van der Waals surface area contributed by atoms with Crippen LogP contribution in [0.15, 0.2) is 48.8 Å². The van der Waals surface area contributed by atoms with Crippen molar-refractivity contribution < 1.29 is 0 Å². The van der Waals surface area contributed by atoms with Crippen LogP contribution in [0.4, 0.5) is 17.5 Å². The van der Waals surface area contributed by atoms with Gasteiger partial charge in [-0.1, -0.05) is 19.9 Å². The van der Waals surface area contributed by atoms with Gasteiger partial charge in [-0.15, -0.1) is 0 Å². The highest BCUT2D eigenvalue weighted by Gasteiger charge is 2.31. The third kappa shape index (κ3) is 5.71. The number of benzene rings is 1. The Morgan fingerprint density at radius 3 is 2.76 bits per heavy atom. The Morgan fingerprint density at radius 1 is 1.12 bits per heavy atom. The van der Waals surface area contributed by atoms with Crippen LogP contribution in [0.2, 0.25) is 0 Å². The third-order valence-electron chi connectivity index (χ3n) is 6.14. The van der Waals surface area contributed by atoms with E-state index in [0.717, 1.165) is 60.2 Å². The average molecular weight is 479 g/mol. The molecule has 9 heteroatoms. The summed E-state index contributed by atoms with van der Waals surface area (Å²) in [6, 6.07) is 12.4. The van der Waals surface area contributed by atoms with Gasteiger partial charge in [-0.25, -0.2) is 4.98 Å². The zero-order valence-corrected chi connectivity index (χ0v) is 21.2. The SMILES string of the molecule is CC(C)C1CN(c2ccnc(NCCN(C)C)n2)CCN1C(=S)Nc1cccc2ncccc12. The van der Waals surface area contributed by atoms with E-state index in [4.69, 9.17) is 17.2 Å². The van der Waals surface area contributed by atoms with Gasteiger partial charge in [0.15, 0.2) is 5.11 Å². The third-order valence-corrected chi connectivity index (χ3v) is 6.48. The van der Waals surface area contributed by atoms with Crippen LogP contribution < -0.4 is 15.5 Å². The van der Waals surface area contributed by atoms with Crippen LogP contribution in [0.1, 0.15) is 13.8 Å². The first-order chi connectivity index (χ1) is 16.4. The molecule has 0 saturated carbocycles. The minimum Gasteiger partial charge on any atom is -0.353 e. The molecule has 2 N–H and O–H groups in total. The highest BCUT2D eigenvalue weighted by molar-refractivity contribution is 7.80. The van der Waals surface area contributed by atoms with Gasteiger partial charge in [0.1, 0.15) is 5.82 Å². The smallest absolute Gasteiger partial charge is 0.224 e. The van der Waals surface area contributed by atoms with E-state index in [9.17, 15) is 0 Å². The Bertz CT molecular complexity index is 1110. The minimum absolute atomic E-state index is 0.266. The van der Waals surface area contributed by atoms with Gasteiger partial charge in [0.25, 0.3) is 0 Å². The molecule has 1 fully saturated rings. The van der Waals surface area contributed by atoms with Crippen LogP contribution in [-0.2, 0) is 0 Å². The maximum atomic E-state index is 5.90. The van der Waals surface area contributed by atoms with E-state index in [1.807, 2.05) is 36.7 Å². The number of hydrogen-bond donors (Lipinski definition) is 2. The molecule has 1 unspecified atom stereocenters. The van der Waals surface area contributed by atoms with E-state index < -0.39 is 0 Å². The molecule has 1 aliphatic heterocycles. The van der Waals surface area contributed by atoms with Gasteiger partial charge in [-0.3, -0.25) is 4.98 Å². The number of rotatable bonds is 7. The molecule has 34 heavy (non-hydrogen) atoms. The van der Waals surface area contributed by atoms with Crippen molar-refractivity contribution >= 4 is 45.7 Å². The van der Waals surface area contributed by atoms with Gasteiger partial charge in [0.2, 0.25) is 5.95 Å². The van der Waals surface area contributed by atoms with Gasteiger partial charge in [-0.2, -0.15) is 4.98 Å². The van der Waals surface area contributed by atoms with Crippen molar-refractivity contribution in [3.8, 4) is 0 Å². The molecular formula is C25H34N8S. The lowest BCUT2D eigenvalue weighted by molar-refractivity contribution is 0.227. The first kappa shape index (κ1) is 24.1. The maximum Gasteiger partial charge on any atom is 0.224 e. The molecule has 1 aromatic carbocycles. The summed E-state index contributed by atoms with van der Waals surface area (Å²) in [5.74, 6) is 2.05. The lowest BCUT2D eigenvalue weighted by atomic mass is 10.00. The second kappa shape index (κ2) is 10.9. The van der Waals surface area contributed by atoms with Crippen molar-refractivity contribution in [3.63, 3.8) is 0 Å². The van der Waals surface area contributed by atoms with E-state index in [0.29, 0.717) is 11.9 Å². The van der Waals surface area contributed by atoms with E-state index in [1.165, 1.54) is 0 Å². The molecular weight excluding hydrogens is 444 g/mol. The van der Waals surface area contributed by atoms with Crippen LogP contribution in [0.25, 0.3) is 10.9 Å². The Morgan fingerprint density at radius 2 is 1.97 bits per heavy atom. The largest absolute Gasteiger partial charge is 0.353 e. The Kier molecular flexibility index (Phi) is 7.74. The average Bonchev–Trinajstić information content (AvgIpc) is 2.84. The number of fused-ring (bicyclic) bond motifs is 1. The summed E-state index contributed by atoms with van der Waals surface area (Å²) in [6.07, 6.45) is 3.65. The lowest BCUT2D eigenvalue weighted by Crippen LogP contribution is -2.58. The monoisotopic (exact) mass is 478 g/mol. The van der Waals surface area contributed by atoms with E-state index in [1.54, 1.807) is 0 Å². The molecule has 180 valence electrons. The molecule has 4 rings (SSSR count). The van der Waals surface area contributed by atoms with Crippen LogP contribution in [-0.4, -0.2) is 82.7 Å². The van der Waals surface area contributed by atoms with Crippen LogP contribution in [0.5, 0.6) is 0 Å². The first-order valence-corrected chi connectivity index (χ1v) is 12.2. The number of hydrogen-bond acceptors (Lipinski definition) is 7. The van der Waals surface area contributed by atoms with Crippen LogP contribution >= 0.6 is 12.2 Å². The van der Waals surface area contributed by atoms with Crippen molar-refractivity contribution in [3.05, 3.63) is 48.8 Å². The predicted octanol–water partition coefficient (Wildman–Crippen LogP) is 3.54. The zero-order chi connectivity index (χ0) is 24.1. The highest BCUT2D eigenvalue weighted by atomic mass is 32.1. The van der Waals surface area contributed by atoms with Crippen molar-refractivity contribution in [2.75, 3.05) is 62.4 Å². The van der Waals surface area contributed by atoms with E-state index in [-0.39, 0.29) is 6.04 Å². The van der Waals surface area contributed by atoms with Crippen molar-refractivity contribution in [1.29, 1.82) is 0 Å². The molecule has 0 bridgehead atoms. The van der Waals surface area contributed by atoms with Gasteiger partial charge in [0, 0.05) is 56.2 Å². The topological polar surface area (TPSA) is 72.5 Å². The van der Waals surface area contributed by atoms with Crippen molar-refractivity contribution in [1.82, 2.24) is 24.8 Å². The highest BCUT2D eigenvalue weighted by Crippen LogP contribution is 2.25. The molecule has 2 aromatic heterocycles. The number of anilines is 3. The zero-order valence-electron chi connectivity index (χ0n) is 20.4. The number of piperazine rings is 1. The predicted molar refractivity (Wildman–Crippen MR) is 145 cm³/mol. The number of nitrogens with one attached hydrogen (secondary N) is 2. The Balaban J connectivity index is 1.45. The van der Waals surface area contributed by atoms with Gasteiger partial charge in [-0.05, 0) is 62.6 Å². The number of thiocarbonyl (C=S) groups is 1. The standard InChI is InChI=1S/C25H34N8S/c1-18(2)22-17-32(23-10-12-27-24(30-23)28-13-14-31(3)4)15-16-33(22)25(34)29-21-9-5-8-20-19(21)7-6-11-26-20/h5-12,18,22H,13-17H2,1-4H3,(H,29,34)(H,27,28,30). The summed E-state index contributed by atoms with van der Waals surface area (Å²) in [4.78, 5) is 20.4. The lowest BCUT2D eigenvalue weighted by Gasteiger charge is -2.45. The quantitative estimate of drug-likeness (QED) is 0.496. The summed E-state index contributed by atoms with van der Waals surface area (Å²) < 4.78 is 0. The van der Waals surface area contributed by atoms with Crippen LogP contribution in [0.3, 0.4) is 0 Å². The second-order valence-corrected chi connectivity index (χ2v) is 9.61. The molecule has 1 atom stereocenters. The Hall–Kier alpha value is -3.04. The number of aromatic nitrogens is 3. The molecule has 0 spiro atoms. The fourth-order valence-corrected chi connectivity index (χ4v) is 4.58. The van der Waals surface area contributed by atoms with Crippen molar-refractivity contribution in [2.24, 2.45) is 5.92 Å². The number of nitrogens with zero attached hydrogens (tertiary/aromatic N) is 6. The maximum absolute atomic E-state index is 5.90. The summed E-state index contributed by atoms with van der Waals surface area (Å²) >= 11 is 5.90. The summed E-state index contributed by atoms with van der Waals surface area (Å²) in [7, 11) is 4.11. The van der Waals surface area contributed by atoms with E-state index >= 15 is 0 Å². The van der Waals surface area contributed by atoms with Gasteiger partial charge >= 0.3 is 0 Å². The summed E-state index contributed by atoms with van der Waals surface area (Å²) in [5, 5.41) is 8.64. The number of likely N-dealkylation sites (N-methyl/N-ethyl adjacent to an activating group) is 1.